The highest BCUT2D eigenvalue weighted by Gasteiger charge is 2.32. The van der Waals surface area contributed by atoms with Crippen LogP contribution < -0.4 is 5.48 Å². The van der Waals surface area contributed by atoms with Crippen molar-refractivity contribution in [3.8, 4) is 0 Å². The zero-order valence-corrected chi connectivity index (χ0v) is 7.44. The number of hydrogen-bond acceptors (Lipinski definition) is 4. The predicted octanol–water partition coefficient (Wildman–Crippen LogP) is 0.714. The lowest BCUT2D eigenvalue weighted by molar-refractivity contribution is 0.0693. The van der Waals surface area contributed by atoms with Gasteiger partial charge in [-0.15, -0.1) is 0 Å². The van der Waals surface area contributed by atoms with Gasteiger partial charge in [-0.1, -0.05) is 0 Å². The van der Waals surface area contributed by atoms with Crippen molar-refractivity contribution in [2.75, 3.05) is 12.5 Å². The lowest BCUT2D eigenvalue weighted by Crippen LogP contribution is -2.24. The molecular weight excluding hydrogens is 184 g/mol. The second-order valence-corrected chi connectivity index (χ2v) is 3.04. The van der Waals surface area contributed by atoms with Gasteiger partial charge in [0.15, 0.2) is 0 Å². The smallest absolute Gasteiger partial charge is 0.261 e. The van der Waals surface area contributed by atoms with Gasteiger partial charge in [-0.25, -0.2) is 0 Å². The van der Waals surface area contributed by atoms with Crippen LogP contribution in [-0.4, -0.2) is 29.0 Å². The fraction of sp³-hybridized carbons (Fsp3) is 0.111. The molecule has 0 atom stereocenters. The van der Waals surface area contributed by atoms with Gasteiger partial charge in [0.05, 0.1) is 16.8 Å². The molecule has 5 heteroatoms. The van der Waals surface area contributed by atoms with E-state index in [1.165, 1.54) is 25.2 Å². The average Bonchev–Trinajstić information content (AvgIpc) is 2.44. The van der Waals surface area contributed by atoms with Crippen LogP contribution in [0.2, 0.25) is 0 Å². The Hall–Kier alpha value is -1.88. The summed E-state index contributed by atoms with van der Waals surface area (Å²) in [6, 6.07) is 4.49. The molecule has 2 amide bonds. The van der Waals surface area contributed by atoms with E-state index in [1.54, 1.807) is 0 Å². The van der Waals surface area contributed by atoms with Crippen LogP contribution in [0.5, 0.6) is 0 Å². The number of rotatable bonds is 1. The van der Waals surface area contributed by atoms with Crippen molar-refractivity contribution in [1.82, 2.24) is 4.90 Å². The van der Waals surface area contributed by atoms with Gasteiger partial charge in [-0.05, 0) is 18.2 Å². The van der Waals surface area contributed by atoms with Crippen molar-refractivity contribution in [3.63, 3.8) is 0 Å². The second kappa shape index (κ2) is 2.81. The normalized spacial score (nSPS) is 14.6. The van der Waals surface area contributed by atoms with Crippen LogP contribution in [0, 0.1) is 0 Å². The number of amides is 2. The minimum Gasteiger partial charge on any atom is -0.291 e. The van der Waals surface area contributed by atoms with Crippen LogP contribution in [0.1, 0.15) is 20.7 Å². The first-order chi connectivity index (χ1) is 6.65. The van der Waals surface area contributed by atoms with Gasteiger partial charge in [0.2, 0.25) is 0 Å². The van der Waals surface area contributed by atoms with Crippen molar-refractivity contribution < 1.29 is 14.8 Å². The van der Waals surface area contributed by atoms with Gasteiger partial charge < -0.3 is 0 Å². The Morgan fingerprint density at radius 1 is 1.21 bits per heavy atom. The third-order valence-corrected chi connectivity index (χ3v) is 2.22. The SMILES string of the molecule is CN1C(=O)c2ccc(NO)cc2C1=O. The number of fused-ring (bicyclic) bond motifs is 1. The Balaban J connectivity index is 2.59. The van der Waals surface area contributed by atoms with Crippen LogP contribution in [-0.2, 0) is 0 Å². The van der Waals surface area contributed by atoms with E-state index < -0.39 is 0 Å². The Morgan fingerprint density at radius 3 is 2.50 bits per heavy atom. The summed E-state index contributed by atoms with van der Waals surface area (Å²) in [5.41, 5.74) is 3.00. The minimum absolute atomic E-state index is 0.311. The van der Waals surface area contributed by atoms with E-state index in [0.29, 0.717) is 16.8 Å². The second-order valence-electron chi connectivity index (χ2n) is 3.04. The lowest BCUT2D eigenvalue weighted by Gasteiger charge is -2.02. The van der Waals surface area contributed by atoms with E-state index in [0.717, 1.165) is 4.90 Å². The largest absolute Gasteiger partial charge is 0.291 e. The number of imide groups is 1. The van der Waals surface area contributed by atoms with Crippen molar-refractivity contribution in [1.29, 1.82) is 0 Å². The van der Waals surface area contributed by atoms with Gasteiger partial charge in [0, 0.05) is 7.05 Å². The highest BCUT2D eigenvalue weighted by molar-refractivity contribution is 6.21. The third-order valence-electron chi connectivity index (χ3n) is 2.22. The van der Waals surface area contributed by atoms with E-state index in [2.05, 4.69) is 0 Å². The summed E-state index contributed by atoms with van der Waals surface area (Å²) in [5, 5.41) is 8.63. The summed E-state index contributed by atoms with van der Waals surface area (Å²) in [7, 11) is 1.43. The molecule has 0 aromatic heterocycles. The highest BCUT2D eigenvalue weighted by atomic mass is 16.5. The third kappa shape index (κ3) is 0.993. The molecule has 0 radical (unpaired) electrons. The molecule has 0 spiro atoms. The zero-order valence-electron chi connectivity index (χ0n) is 7.44. The Bertz CT molecular complexity index is 428. The molecule has 0 unspecified atom stereocenters. The fourth-order valence-electron chi connectivity index (χ4n) is 1.43. The quantitative estimate of drug-likeness (QED) is 0.508. The maximum atomic E-state index is 11.5. The molecule has 1 aromatic rings. The van der Waals surface area contributed by atoms with Crippen molar-refractivity contribution in [2.45, 2.75) is 0 Å². The molecule has 5 nitrogen and oxygen atoms in total. The van der Waals surface area contributed by atoms with Crippen molar-refractivity contribution in [2.24, 2.45) is 0 Å². The van der Waals surface area contributed by atoms with Crippen LogP contribution in [0.15, 0.2) is 18.2 Å². The minimum atomic E-state index is -0.345. The van der Waals surface area contributed by atoms with Gasteiger partial charge in [-0.2, -0.15) is 0 Å². The molecule has 0 saturated carbocycles. The van der Waals surface area contributed by atoms with Gasteiger partial charge in [-0.3, -0.25) is 25.2 Å². The molecule has 72 valence electrons. The molecule has 2 N–H and O–H groups in total. The maximum absolute atomic E-state index is 11.5. The fourth-order valence-corrected chi connectivity index (χ4v) is 1.43. The highest BCUT2D eigenvalue weighted by Crippen LogP contribution is 2.24. The van der Waals surface area contributed by atoms with Gasteiger partial charge >= 0.3 is 0 Å². The lowest BCUT2D eigenvalue weighted by atomic mass is 10.1. The van der Waals surface area contributed by atoms with E-state index >= 15 is 0 Å². The monoisotopic (exact) mass is 192 g/mol. The molecule has 1 aliphatic heterocycles. The Labute approximate surface area is 79.9 Å². The number of benzene rings is 1. The van der Waals surface area contributed by atoms with Crippen LogP contribution in [0.4, 0.5) is 5.69 Å². The number of carbonyl (C=O) groups is 2. The summed E-state index contributed by atoms with van der Waals surface area (Å²) >= 11 is 0. The molecule has 0 aliphatic carbocycles. The predicted molar refractivity (Wildman–Crippen MR) is 48.3 cm³/mol. The van der Waals surface area contributed by atoms with Gasteiger partial charge in [0.1, 0.15) is 0 Å². The molecule has 0 fully saturated rings. The zero-order chi connectivity index (χ0) is 10.3. The molecule has 0 bridgehead atoms. The van der Waals surface area contributed by atoms with E-state index in [1.807, 2.05) is 5.48 Å². The van der Waals surface area contributed by atoms with Crippen molar-refractivity contribution >= 4 is 17.5 Å². The van der Waals surface area contributed by atoms with E-state index in [9.17, 15) is 9.59 Å². The van der Waals surface area contributed by atoms with E-state index in [-0.39, 0.29) is 11.8 Å². The number of carbonyl (C=O) groups excluding carboxylic acids is 2. The Morgan fingerprint density at radius 2 is 1.86 bits per heavy atom. The molecule has 2 rings (SSSR count). The summed E-state index contributed by atoms with van der Waals surface area (Å²) in [5.74, 6) is -0.656. The molecule has 14 heavy (non-hydrogen) atoms. The first kappa shape index (κ1) is 8.71. The van der Waals surface area contributed by atoms with Crippen molar-refractivity contribution in [3.05, 3.63) is 29.3 Å². The first-order valence-electron chi connectivity index (χ1n) is 4.01. The molecular formula is C9H8N2O3. The summed E-state index contributed by atoms with van der Waals surface area (Å²) in [6.45, 7) is 0. The number of anilines is 1. The molecule has 0 saturated heterocycles. The average molecular weight is 192 g/mol. The topological polar surface area (TPSA) is 69.6 Å². The maximum Gasteiger partial charge on any atom is 0.261 e. The molecule has 1 heterocycles. The summed E-state index contributed by atoms with van der Waals surface area (Å²) in [4.78, 5) is 23.9. The molecule has 1 aromatic carbocycles. The van der Waals surface area contributed by atoms with Gasteiger partial charge in [0.25, 0.3) is 11.8 Å². The number of nitrogens with one attached hydrogen (secondary N) is 1. The van der Waals surface area contributed by atoms with Crippen LogP contribution in [0.3, 0.4) is 0 Å². The molecule has 1 aliphatic rings. The number of nitrogens with zero attached hydrogens (tertiary/aromatic N) is 1. The van der Waals surface area contributed by atoms with Crippen LogP contribution >= 0.6 is 0 Å². The first-order valence-corrected chi connectivity index (χ1v) is 4.01. The summed E-state index contributed by atoms with van der Waals surface area (Å²) < 4.78 is 0. The number of hydrogen-bond donors (Lipinski definition) is 2. The summed E-state index contributed by atoms with van der Waals surface area (Å²) in [6.07, 6.45) is 0. The Kier molecular flexibility index (Phi) is 1.75. The standard InChI is InChI=1S/C9H8N2O3/c1-11-8(12)6-3-2-5(10-14)4-7(6)9(11)13/h2-4,10,14H,1H3. The van der Waals surface area contributed by atoms with E-state index in [4.69, 9.17) is 5.21 Å². The van der Waals surface area contributed by atoms with Crippen LogP contribution in [0.25, 0.3) is 0 Å².